The number of nitrogens with zero attached hydrogens (tertiary/aromatic N) is 2. The highest BCUT2D eigenvalue weighted by atomic mass is 19.1. The van der Waals surface area contributed by atoms with Crippen LogP contribution in [0.1, 0.15) is 48.5 Å². The van der Waals surface area contributed by atoms with Crippen molar-refractivity contribution in [2.75, 3.05) is 12.4 Å². The standard InChI is InChI=1S/C23H26FN3O3/c1-23(15-4-6-16(24)7-5-15)22(27(2)17-8-10-18(28)11-9-17)25-20-13-14(21(29)30)3-12-19(20)26-23/h3-7,12-13,17-18,26,28H,8-11H2,1-2H3,(H,29,30). The van der Waals surface area contributed by atoms with E-state index in [1.54, 1.807) is 30.3 Å². The number of aliphatic hydroxyl groups excluding tert-OH is 1. The largest absolute Gasteiger partial charge is 0.478 e. The number of carboxylic acid groups (broad SMARTS) is 1. The Balaban J connectivity index is 1.79. The number of halogens is 1. The molecule has 4 rings (SSSR count). The minimum atomic E-state index is -1.00. The van der Waals surface area contributed by atoms with Crippen molar-refractivity contribution in [1.82, 2.24) is 4.90 Å². The van der Waals surface area contributed by atoms with Gasteiger partial charge in [0, 0.05) is 13.1 Å². The summed E-state index contributed by atoms with van der Waals surface area (Å²) in [7, 11) is 1.98. The zero-order valence-corrected chi connectivity index (χ0v) is 17.1. The van der Waals surface area contributed by atoms with Gasteiger partial charge < -0.3 is 20.4 Å². The fraction of sp³-hybridized carbons (Fsp3) is 0.391. The van der Waals surface area contributed by atoms with Crippen LogP contribution < -0.4 is 5.32 Å². The molecule has 0 radical (unpaired) electrons. The average molecular weight is 411 g/mol. The maximum atomic E-state index is 13.6. The van der Waals surface area contributed by atoms with E-state index < -0.39 is 11.5 Å². The van der Waals surface area contributed by atoms with Crippen molar-refractivity contribution in [2.24, 2.45) is 4.99 Å². The molecule has 2 aromatic carbocycles. The maximum Gasteiger partial charge on any atom is 0.335 e. The summed E-state index contributed by atoms with van der Waals surface area (Å²) >= 11 is 0. The van der Waals surface area contributed by atoms with Crippen LogP contribution in [-0.2, 0) is 5.54 Å². The van der Waals surface area contributed by atoms with Crippen molar-refractivity contribution in [3.05, 3.63) is 59.4 Å². The van der Waals surface area contributed by atoms with Crippen LogP contribution in [0.3, 0.4) is 0 Å². The monoisotopic (exact) mass is 411 g/mol. The third-order valence-electron chi connectivity index (χ3n) is 6.27. The Labute approximate surface area is 175 Å². The van der Waals surface area contributed by atoms with Crippen LogP contribution in [-0.4, -0.2) is 46.1 Å². The van der Waals surface area contributed by atoms with Gasteiger partial charge in [-0.15, -0.1) is 0 Å². The molecule has 7 heteroatoms. The molecule has 0 spiro atoms. The molecule has 1 atom stereocenters. The third-order valence-corrected chi connectivity index (χ3v) is 6.27. The first-order valence-corrected chi connectivity index (χ1v) is 10.2. The smallest absolute Gasteiger partial charge is 0.335 e. The molecule has 0 amide bonds. The van der Waals surface area contributed by atoms with Crippen LogP contribution in [0.5, 0.6) is 0 Å². The van der Waals surface area contributed by atoms with Crippen molar-refractivity contribution in [3.8, 4) is 0 Å². The second-order valence-electron chi connectivity index (χ2n) is 8.30. The van der Waals surface area contributed by atoms with Crippen LogP contribution in [0.15, 0.2) is 47.5 Å². The predicted octanol–water partition coefficient (Wildman–Crippen LogP) is 4.13. The van der Waals surface area contributed by atoms with Crippen LogP contribution in [0.25, 0.3) is 0 Å². The van der Waals surface area contributed by atoms with E-state index in [2.05, 4.69) is 10.2 Å². The van der Waals surface area contributed by atoms with Gasteiger partial charge in [-0.2, -0.15) is 0 Å². The van der Waals surface area contributed by atoms with Gasteiger partial charge in [-0.3, -0.25) is 0 Å². The predicted molar refractivity (Wildman–Crippen MR) is 114 cm³/mol. The number of carboxylic acids is 1. The van der Waals surface area contributed by atoms with Gasteiger partial charge in [0.15, 0.2) is 0 Å². The first-order chi connectivity index (χ1) is 14.3. The molecular formula is C23H26FN3O3. The van der Waals surface area contributed by atoms with Crippen LogP contribution in [0.4, 0.5) is 15.8 Å². The molecule has 1 heterocycles. The van der Waals surface area contributed by atoms with E-state index in [4.69, 9.17) is 4.99 Å². The van der Waals surface area contributed by atoms with E-state index in [1.807, 2.05) is 14.0 Å². The summed E-state index contributed by atoms with van der Waals surface area (Å²) in [5, 5.41) is 22.8. The van der Waals surface area contributed by atoms with Crippen molar-refractivity contribution < 1.29 is 19.4 Å². The number of likely N-dealkylation sites (N-methyl/N-ethyl adjacent to an activating group) is 1. The lowest BCUT2D eigenvalue weighted by Crippen LogP contribution is -2.53. The van der Waals surface area contributed by atoms with Gasteiger partial charge in [0.2, 0.25) is 0 Å². The first kappa shape index (κ1) is 20.3. The third kappa shape index (κ3) is 3.65. The summed E-state index contributed by atoms with van der Waals surface area (Å²) in [6.45, 7) is 2.00. The SMILES string of the molecule is CN(C1=Nc2cc(C(=O)O)ccc2NC1(C)c1ccc(F)cc1)C1CCC(O)CC1. The number of rotatable bonds is 3. The lowest BCUT2D eigenvalue weighted by molar-refractivity contribution is 0.0697. The fourth-order valence-electron chi connectivity index (χ4n) is 4.45. The molecule has 2 aliphatic rings. The normalized spacial score (nSPS) is 25.7. The molecule has 0 aromatic heterocycles. The van der Waals surface area contributed by atoms with Gasteiger partial charge in [0.25, 0.3) is 0 Å². The molecule has 1 unspecified atom stereocenters. The van der Waals surface area contributed by atoms with Gasteiger partial charge >= 0.3 is 5.97 Å². The summed E-state index contributed by atoms with van der Waals surface area (Å²) in [4.78, 5) is 18.4. The summed E-state index contributed by atoms with van der Waals surface area (Å²) in [5.41, 5.74) is 1.59. The van der Waals surface area contributed by atoms with E-state index in [-0.39, 0.29) is 23.5 Å². The first-order valence-electron chi connectivity index (χ1n) is 10.2. The molecule has 30 heavy (non-hydrogen) atoms. The Morgan fingerprint density at radius 1 is 1.17 bits per heavy atom. The molecule has 1 fully saturated rings. The average Bonchev–Trinajstić information content (AvgIpc) is 2.73. The highest BCUT2D eigenvalue weighted by molar-refractivity contribution is 6.02. The number of aliphatic hydroxyl groups is 1. The van der Waals surface area contributed by atoms with Crippen LogP contribution in [0, 0.1) is 5.82 Å². The second kappa shape index (κ2) is 7.72. The number of carbonyl (C=O) groups is 1. The Hall–Kier alpha value is -2.93. The minimum absolute atomic E-state index is 0.174. The van der Waals surface area contributed by atoms with Crippen molar-refractivity contribution in [3.63, 3.8) is 0 Å². The molecule has 1 aliphatic carbocycles. The molecule has 158 valence electrons. The van der Waals surface area contributed by atoms with Gasteiger partial charge in [-0.1, -0.05) is 12.1 Å². The molecule has 1 aliphatic heterocycles. The second-order valence-corrected chi connectivity index (χ2v) is 8.30. The number of nitrogens with one attached hydrogen (secondary N) is 1. The number of hydrogen-bond donors (Lipinski definition) is 3. The highest BCUT2D eigenvalue weighted by Gasteiger charge is 2.41. The molecule has 3 N–H and O–H groups in total. The Morgan fingerprint density at radius 2 is 1.83 bits per heavy atom. The quantitative estimate of drug-likeness (QED) is 0.707. The number of aromatic carboxylic acids is 1. The van der Waals surface area contributed by atoms with Gasteiger partial charge in [-0.25, -0.2) is 14.2 Å². The summed E-state index contributed by atoms with van der Waals surface area (Å²) in [6.07, 6.45) is 2.91. The lowest BCUT2D eigenvalue weighted by Gasteiger charge is -2.45. The summed E-state index contributed by atoms with van der Waals surface area (Å²) in [5.74, 6) is -0.570. The number of fused-ring (bicyclic) bond motifs is 1. The fourth-order valence-corrected chi connectivity index (χ4v) is 4.45. The number of anilines is 1. The Bertz CT molecular complexity index is 984. The van der Waals surface area contributed by atoms with Crippen LogP contribution in [0.2, 0.25) is 0 Å². The minimum Gasteiger partial charge on any atom is -0.478 e. The van der Waals surface area contributed by atoms with Crippen molar-refractivity contribution >= 4 is 23.2 Å². The van der Waals surface area contributed by atoms with E-state index >= 15 is 0 Å². The summed E-state index contributed by atoms with van der Waals surface area (Å²) < 4.78 is 13.6. The van der Waals surface area contributed by atoms with Crippen molar-refractivity contribution in [2.45, 2.75) is 50.3 Å². The number of aliphatic imine (C=N–C) groups is 1. The number of benzene rings is 2. The Kier molecular flexibility index (Phi) is 5.24. The molecule has 0 bridgehead atoms. The molecule has 1 saturated carbocycles. The Morgan fingerprint density at radius 3 is 2.47 bits per heavy atom. The van der Waals surface area contributed by atoms with E-state index in [1.165, 1.54) is 12.1 Å². The van der Waals surface area contributed by atoms with Crippen molar-refractivity contribution in [1.29, 1.82) is 0 Å². The molecule has 0 saturated heterocycles. The zero-order chi connectivity index (χ0) is 21.5. The molecule has 6 nitrogen and oxygen atoms in total. The summed E-state index contributed by atoms with van der Waals surface area (Å²) in [6, 6.07) is 11.4. The van der Waals surface area contributed by atoms with Gasteiger partial charge in [-0.05, 0) is 68.5 Å². The van der Waals surface area contributed by atoms with E-state index in [0.29, 0.717) is 5.69 Å². The molecular weight excluding hydrogens is 385 g/mol. The topological polar surface area (TPSA) is 85.2 Å². The van der Waals surface area contributed by atoms with Gasteiger partial charge in [0.05, 0.1) is 23.0 Å². The molecule has 2 aromatic rings. The highest BCUT2D eigenvalue weighted by Crippen LogP contribution is 2.41. The number of amidine groups is 1. The number of hydrogen-bond acceptors (Lipinski definition) is 5. The van der Waals surface area contributed by atoms with Crippen LogP contribution >= 0.6 is 0 Å². The van der Waals surface area contributed by atoms with E-state index in [0.717, 1.165) is 42.8 Å². The van der Waals surface area contributed by atoms with Gasteiger partial charge in [0.1, 0.15) is 17.2 Å². The lowest BCUT2D eigenvalue weighted by atomic mass is 9.85. The van der Waals surface area contributed by atoms with E-state index in [9.17, 15) is 19.4 Å². The maximum absolute atomic E-state index is 13.6. The zero-order valence-electron chi connectivity index (χ0n) is 17.1.